The zero-order chi connectivity index (χ0) is 18.0. The molecule has 3 aromatic rings. The van der Waals surface area contributed by atoms with Crippen LogP contribution in [0, 0.1) is 0 Å². The predicted octanol–water partition coefficient (Wildman–Crippen LogP) is 3.53. The third kappa shape index (κ3) is 3.33. The van der Waals surface area contributed by atoms with Gasteiger partial charge in [0.15, 0.2) is 5.43 Å². The van der Waals surface area contributed by atoms with Crippen molar-refractivity contribution in [2.24, 2.45) is 0 Å². The Bertz CT molecular complexity index is 973. The lowest BCUT2D eigenvalue weighted by Crippen LogP contribution is -2.25. The first-order valence-corrected chi connectivity index (χ1v) is 7.58. The Balaban J connectivity index is 2.00. The minimum atomic E-state index is -0.503. The monoisotopic (exact) mass is 339 g/mol. The Hall–Kier alpha value is -3.28. The van der Waals surface area contributed by atoms with Gasteiger partial charge >= 0.3 is 6.09 Å². The maximum Gasteiger partial charge on any atom is 0.414 e. The van der Waals surface area contributed by atoms with Crippen LogP contribution >= 0.6 is 0 Å². The van der Waals surface area contributed by atoms with E-state index in [2.05, 4.69) is 0 Å². The van der Waals surface area contributed by atoms with E-state index in [4.69, 9.17) is 13.9 Å². The van der Waals surface area contributed by atoms with E-state index < -0.39 is 6.09 Å². The number of carbonyl (C=O) groups is 1. The lowest BCUT2D eigenvalue weighted by Gasteiger charge is -2.11. The summed E-state index contributed by atoms with van der Waals surface area (Å²) >= 11 is 0. The van der Waals surface area contributed by atoms with Crippen LogP contribution in [0.4, 0.5) is 4.79 Å². The van der Waals surface area contributed by atoms with Gasteiger partial charge in [0.1, 0.15) is 23.3 Å². The predicted molar refractivity (Wildman–Crippen MR) is 94.2 cm³/mol. The van der Waals surface area contributed by atoms with Crippen LogP contribution < -0.4 is 14.9 Å². The number of hydrogen-bond donors (Lipinski definition) is 0. The van der Waals surface area contributed by atoms with Crippen molar-refractivity contribution in [3.63, 3.8) is 0 Å². The Morgan fingerprint density at radius 2 is 1.72 bits per heavy atom. The second-order valence-electron chi connectivity index (χ2n) is 5.63. The molecule has 0 radical (unpaired) electrons. The number of methoxy groups -OCH3 is 1. The molecule has 0 aliphatic heterocycles. The molecule has 3 rings (SSSR count). The van der Waals surface area contributed by atoms with E-state index in [1.807, 2.05) is 0 Å². The van der Waals surface area contributed by atoms with Gasteiger partial charge in [-0.05, 0) is 29.8 Å². The van der Waals surface area contributed by atoms with Gasteiger partial charge in [0.25, 0.3) is 0 Å². The van der Waals surface area contributed by atoms with E-state index in [0.29, 0.717) is 28.0 Å². The molecule has 0 saturated heterocycles. The second kappa shape index (κ2) is 6.68. The number of rotatable bonds is 3. The van der Waals surface area contributed by atoms with Gasteiger partial charge in [0.05, 0.1) is 18.1 Å². The fraction of sp³-hybridized carbons (Fsp3) is 0.158. The summed E-state index contributed by atoms with van der Waals surface area (Å²) < 4.78 is 15.9. The molecule has 1 heterocycles. The normalized spacial score (nSPS) is 10.5. The average Bonchev–Trinajstić information content (AvgIpc) is 2.62. The van der Waals surface area contributed by atoms with Crippen molar-refractivity contribution in [1.82, 2.24) is 4.90 Å². The first-order valence-electron chi connectivity index (χ1n) is 7.58. The van der Waals surface area contributed by atoms with Gasteiger partial charge in [-0.25, -0.2) is 4.79 Å². The molecule has 2 aromatic carbocycles. The maximum absolute atomic E-state index is 12.7. The molecule has 0 spiro atoms. The highest BCUT2D eigenvalue weighted by Gasteiger charge is 2.12. The van der Waals surface area contributed by atoms with E-state index >= 15 is 0 Å². The van der Waals surface area contributed by atoms with E-state index in [9.17, 15) is 9.59 Å². The zero-order valence-electron chi connectivity index (χ0n) is 14.1. The van der Waals surface area contributed by atoms with Crippen LogP contribution in [0.2, 0.25) is 0 Å². The average molecular weight is 339 g/mol. The Kier molecular flexibility index (Phi) is 4.43. The van der Waals surface area contributed by atoms with Crippen molar-refractivity contribution in [2.45, 2.75) is 0 Å². The third-order valence-corrected chi connectivity index (χ3v) is 3.72. The van der Waals surface area contributed by atoms with Gasteiger partial charge in [-0.1, -0.05) is 12.1 Å². The summed E-state index contributed by atoms with van der Waals surface area (Å²) in [6.07, 6.45) is 0.904. The quantitative estimate of drug-likeness (QED) is 0.730. The standard InChI is InChI=1S/C19H17NO5/c1-20(2)19(22)25-14-8-9-15-17(10-14)24-11-16(18(15)21)12-4-6-13(23-3)7-5-12/h4-11H,1-3H3. The van der Waals surface area contributed by atoms with Crippen LogP contribution in [0.1, 0.15) is 0 Å². The molecule has 0 unspecified atom stereocenters. The van der Waals surface area contributed by atoms with Gasteiger partial charge in [-0.2, -0.15) is 0 Å². The molecule has 0 fully saturated rings. The van der Waals surface area contributed by atoms with Crippen molar-refractivity contribution < 1.29 is 18.7 Å². The number of amides is 1. The van der Waals surface area contributed by atoms with Crippen molar-refractivity contribution in [2.75, 3.05) is 21.2 Å². The Labute approximate surface area is 144 Å². The SMILES string of the molecule is COc1ccc(-c2coc3cc(OC(=O)N(C)C)ccc3c2=O)cc1. The third-order valence-electron chi connectivity index (χ3n) is 3.72. The van der Waals surface area contributed by atoms with Crippen molar-refractivity contribution in [3.05, 3.63) is 59.0 Å². The molecule has 0 bridgehead atoms. The molecule has 0 aliphatic carbocycles. The van der Waals surface area contributed by atoms with Crippen LogP contribution in [-0.2, 0) is 0 Å². The van der Waals surface area contributed by atoms with E-state index in [1.165, 1.54) is 17.2 Å². The van der Waals surface area contributed by atoms with Crippen LogP contribution in [0.5, 0.6) is 11.5 Å². The van der Waals surface area contributed by atoms with Crippen LogP contribution in [-0.4, -0.2) is 32.2 Å². The zero-order valence-corrected chi connectivity index (χ0v) is 14.1. The van der Waals surface area contributed by atoms with Crippen LogP contribution in [0.25, 0.3) is 22.1 Å². The van der Waals surface area contributed by atoms with Crippen LogP contribution in [0.15, 0.2) is 57.9 Å². The molecular weight excluding hydrogens is 322 g/mol. The molecule has 128 valence electrons. The summed E-state index contributed by atoms with van der Waals surface area (Å²) in [5.41, 5.74) is 1.39. The molecule has 1 aromatic heterocycles. The number of nitrogens with zero attached hydrogens (tertiary/aromatic N) is 1. The number of carbonyl (C=O) groups excluding carboxylic acids is 1. The van der Waals surface area contributed by atoms with Crippen LogP contribution in [0.3, 0.4) is 0 Å². The fourth-order valence-electron chi connectivity index (χ4n) is 2.33. The summed E-state index contributed by atoms with van der Waals surface area (Å²) in [4.78, 5) is 25.6. The molecule has 0 saturated carbocycles. The first kappa shape index (κ1) is 16.6. The minimum Gasteiger partial charge on any atom is -0.497 e. The van der Waals surface area contributed by atoms with Gasteiger partial charge in [0, 0.05) is 20.2 Å². The van der Waals surface area contributed by atoms with Gasteiger partial charge in [-0.3, -0.25) is 4.79 Å². The maximum atomic E-state index is 12.7. The van der Waals surface area contributed by atoms with Gasteiger partial charge in [-0.15, -0.1) is 0 Å². The summed E-state index contributed by atoms with van der Waals surface area (Å²) in [5, 5.41) is 0.415. The molecule has 6 heteroatoms. The highest BCUT2D eigenvalue weighted by Crippen LogP contribution is 2.24. The molecule has 0 atom stereocenters. The summed E-state index contributed by atoms with van der Waals surface area (Å²) in [5.74, 6) is 1.02. The molecular formula is C19H17NO5. The lowest BCUT2D eigenvalue weighted by molar-refractivity contribution is 0.172. The largest absolute Gasteiger partial charge is 0.497 e. The summed E-state index contributed by atoms with van der Waals surface area (Å²) in [6, 6.07) is 11.8. The van der Waals surface area contributed by atoms with E-state index in [-0.39, 0.29) is 5.43 Å². The number of ether oxygens (including phenoxy) is 2. The van der Waals surface area contributed by atoms with E-state index in [0.717, 1.165) is 5.56 Å². The number of hydrogen-bond acceptors (Lipinski definition) is 5. The Morgan fingerprint density at radius 3 is 2.36 bits per heavy atom. The van der Waals surface area contributed by atoms with E-state index in [1.54, 1.807) is 57.6 Å². The number of benzene rings is 2. The fourth-order valence-corrected chi connectivity index (χ4v) is 2.33. The highest BCUT2D eigenvalue weighted by atomic mass is 16.6. The number of fused-ring (bicyclic) bond motifs is 1. The second-order valence-corrected chi connectivity index (χ2v) is 5.63. The smallest absolute Gasteiger partial charge is 0.414 e. The highest BCUT2D eigenvalue weighted by molar-refractivity contribution is 5.83. The molecule has 0 N–H and O–H groups in total. The lowest BCUT2D eigenvalue weighted by atomic mass is 10.1. The van der Waals surface area contributed by atoms with Gasteiger partial charge in [0.2, 0.25) is 0 Å². The Morgan fingerprint density at radius 1 is 1.04 bits per heavy atom. The first-order chi connectivity index (χ1) is 12.0. The van der Waals surface area contributed by atoms with Crippen molar-refractivity contribution in [3.8, 4) is 22.6 Å². The topological polar surface area (TPSA) is 69.0 Å². The van der Waals surface area contributed by atoms with Crippen molar-refractivity contribution >= 4 is 17.1 Å². The summed E-state index contributed by atoms with van der Waals surface area (Å²) in [6.45, 7) is 0. The summed E-state index contributed by atoms with van der Waals surface area (Å²) in [7, 11) is 4.76. The molecule has 6 nitrogen and oxygen atoms in total. The molecule has 0 aliphatic rings. The van der Waals surface area contributed by atoms with Gasteiger partial charge < -0.3 is 18.8 Å². The molecule has 25 heavy (non-hydrogen) atoms. The minimum absolute atomic E-state index is 0.156. The van der Waals surface area contributed by atoms with Crippen molar-refractivity contribution in [1.29, 1.82) is 0 Å². The molecule has 1 amide bonds.